The van der Waals surface area contributed by atoms with Crippen LogP contribution < -0.4 is 0 Å². The van der Waals surface area contributed by atoms with Gasteiger partial charge in [0, 0.05) is 0 Å². The molecule has 0 aliphatic carbocycles. The van der Waals surface area contributed by atoms with Crippen LogP contribution >= 0.6 is 7.82 Å². The van der Waals surface area contributed by atoms with Crippen molar-refractivity contribution in [3.63, 3.8) is 0 Å². The molecule has 9 heteroatoms. The molecule has 0 rings (SSSR count). The summed E-state index contributed by atoms with van der Waals surface area (Å²) in [6, 6.07) is 0. The molecular formula is C2H7MoO7P. The first-order valence-corrected chi connectivity index (χ1v) is 7.24. The summed E-state index contributed by atoms with van der Waals surface area (Å²) in [5.41, 5.74) is 0. The topological polar surface area (TPSA) is 110 Å². The zero-order valence-corrected chi connectivity index (χ0v) is 8.40. The van der Waals surface area contributed by atoms with Crippen LogP contribution in [-0.4, -0.2) is 16.4 Å². The molecule has 0 aromatic rings. The van der Waals surface area contributed by atoms with Crippen molar-refractivity contribution in [2.45, 2.75) is 6.92 Å². The van der Waals surface area contributed by atoms with Crippen LogP contribution in [0.1, 0.15) is 6.92 Å². The van der Waals surface area contributed by atoms with E-state index in [1.165, 1.54) is 6.92 Å². The molecule has 0 bridgehead atoms. The average Bonchev–Trinajstić information content (AvgIpc) is 1.55. The minimum absolute atomic E-state index is 0.200. The first-order valence-electron chi connectivity index (χ1n) is 2.43. The molecule has 11 heavy (non-hydrogen) atoms. The predicted octanol–water partition coefficient (Wildman–Crippen LogP) is -0.193. The Balaban J connectivity index is 4.27. The van der Waals surface area contributed by atoms with Crippen molar-refractivity contribution < 1.29 is 44.5 Å². The maximum atomic E-state index is 10.4. The summed E-state index contributed by atoms with van der Waals surface area (Å²) < 4.78 is 38.2. The van der Waals surface area contributed by atoms with Gasteiger partial charge in [-0.15, -0.1) is 0 Å². The summed E-state index contributed by atoms with van der Waals surface area (Å²) in [7, 11) is -4.98. The van der Waals surface area contributed by atoms with E-state index in [0.29, 0.717) is 0 Å². The van der Waals surface area contributed by atoms with E-state index in [-0.39, 0.29) is 6.61 Å². The van der Waals surface area contributed by atoms with Crippen LogP contribution in [-0.2, 0) is 34.7 Å². The molecule has 0 atom stereocenters. The van der Waals surface area contributed by atoms with E-state index >= 15 is 0 Å². The fraction of sp³-hybridized carbons (Fsp3) is 1.00. The molecule has 0 aromatic heterocycles. The number of phosphoric acid groups is 1. The predicted molar refractivity (Wildman–Crippen MR) is 26.1 cm³/mol. The number of hydrogen-bond acceptors (Lipinski definition) is 5. The third-order valence-corrected chi connectivity index (χ3v) is 4.89. The molecule has 0 saturated heterocycles. The van der Waals surface area contributed by atoms with E-state index in [2.05, 4.69) is 6.57 Å². The second kappa shape index (κ2) is 3.85. The van der Waals surface area contributed by atoms with Gasteiger partial charge in [0.15, 0.2) is 0 Å². The van der Waals surface area contributed by atoms with Gasteiger partial charge in [0.25, 0.3) is 0 Å². The normalized spacial score (nSPS) is 13.4. The molecule has 0 aliphatic rings. The maximum absolute atomic E-state index is 10.4. The van der Waals surface area contributed by atoms with E-state index in [9.17, 15) is 11.4 Å². The molecule has 0 spiro atoms. The van der Waals surface area contributed by atoms with Gasteiger partial charge < -0.3 is 0 Å². The Morgan fingerprint density at radius 2 is 1.91 bits per heavy atom. The molecule has 68 valence electrons. The molecular weight excluding hydrogens is 263 g/mol. The first-order chi connectivity index (χ1) is 4.77. The zero-order chi connectivity index (χ0) is 9.12. The van der Waals surface area contributed by atoms with Crippen LogP contribution in [0.2, 0.25) is 0 Å². The molecule has 0 unspecified atom stereocenters. The second-order valence-corrected chi connectivity index (χ2v) is 6.20. The van der Waals surface area contributed by atoms with Crippen molar-refractivity contribution in [3.8, 4) is 0 Å². The average molecular weight is 270 g/mol. The molecule has 0 amide bonds. The van der Waals surface area contributed by atoms with E-state index in [1.54, 1.807) is 0 Å². The summed E-state index contributed by atoms with van der Waals surface area (Å²) in [6.07, 6.45) is 0. The van der Waals surface area contributed by atoms with E-state index in [1.807, 2.05) is 0 Å². The summed E-state index contributed by atoms with van der Waals surface area (Å²) in [5.74, 6) is 0. The SMILES string of the molecule is CC[O][Mo](=[O])(=[O])[O]P(=O)(O)O. The minimum atomic E-state index is -5.61. The third-order valence-electron chi connectivity index (χ3n) is 0.451. The van der Waals surface area contributed by atoms with Crippen LogP contribution in [0.5, 0.6) is 0 Å². The Labute approximate surface area is 66.3 Å². The van der Waals surface area contributed by atoms with Gasteiger partial charge in [-0.25, -0.2) is 0 Å². The van der Waals surface area contributed by atoms with Crippen molar-refractivity contribution >= 4 is 7.82 Å². The molecule has 0 aromatic carbocycles. The van der Waals surface area contributed by atoms with Crippen molar-refractivity contribution in [2.24, 2.45) is 0 Å². The van der Waals surface area contributed by atoms with Gasteiger partial charge >= 0.3 is 65.8 Å². The molecule has 0 saturated carbocycles. The fourth-order valence-electron chi connectivity index (χ4n) is 0.285. The van der Waals surface area contributed by atoms with Crippen LogP contribution in [0.15, 0.2) is 0 Å². The third kappa shape index (κ3) is 6.74. The van der Waals surface area contributed by atoms with E-state index < -0.39 is 24.6 Å². The van der Waals surface area contributed by atoms with Crippen LogP contribution in [0.4, 0.5) is 0 Å². The molecule has 0 fully saturated rings. The summed E-state index contributed by atoms with van der Waals surface area (Å²) in [6.45, 7) is 1.16. The second-order valence-electron chi connectivity index (χ2n) is 1.38. The Bertz CT molecular complexity index is 248. The van der Waals surface area contributed by atoms with E-state index in [0.717, 1.165) is 0 Å². The van der Waals surface area contributed by atoms with E-state index in [4.69, 9.17) is 9.79 Å². The Morgan fingerprint density at radius 3 is 2.18 bits per heavy atom. The summed E-state index contributed by atoms with van der Waals surface area (Å²) >= 11 is -5.61. The zero-order valence-electron chi connectivity index (χ0n) is 5.50. The van der Waals surface area contributed by atoms with Gasteiger partial charge in [0.05, 0.1) is 0 Å². The monoisotopic (exact) mass is 272 g/mol. The van der Waals surface area contributed by atoms with Crippen molar-refractivity contribution in [1.29, 1.82) is 0 Å². The summed E-state index contributed by atoms with van der Waals surface area (Å²) in [4.78, 5) is 16.1. The first kappa shape index (κ1) is 11.4. The quantitative estimate of drug-likeness (QED) is 0.537. The van der Waals surface area contributed by atoms with Gasteiger partial charge in [-0.05, 0) is 0 Å². The van der Waals surface area contributed by atoms with Gasteiger partial charge in [-0.3, -0.25) is 0 Å². The Morgan fingerprint density at radius 1 is 1.45 bits per heavy atom. The van der Waals surface area contributed by atoms with Crippen LogP contribution in [0, 0.1) is 0 Å². The molecule has 0 radical (unpaired) electrons. The number of hydrogen-bond donors (Lipinski definition) is 2. The fourth-order valence-corrected chi connectivity index (χ4v) is 3.35. The number of rotatable bonds is 4. The Hall–Kier alpha value is 0.358. The van der Waals surface area contributed by atoms with Crippen LogP contribution in [0.3, 0.4) is 0 Å². The molecule has 0 aliphatic heterocycles. The van der Waals surface area contributed by atoms with Crippen molar-refractivity contribution in [1.82, 2.24) is 0 Å². The van der Waals surface area contributed by atoms with Crippen molar-refractivity contribution in [3.05, 3.63) is 0 Å². The summed E-state index contributed by atoms with van der Waals surface area (Å²) in [5, 5.41) is 0. The van der Waals surface area contributed by atoms with Gasteiger partial charge in [-0.1, -0.05) is 0 Å². The Kier molecular flexibility index (Phi) is 3.97. The molecule has 2 N–H and O–H groups in total. The van der Waals surface area contributed by atoms with Gasteiger partial charge in [0.1, 0.15) is 0 Å². The molecule has 7 nitrogen and oxygen atoms in total. The van der Waals surface area contributed by atoms with Crippen LogP contribution in [0.25, 0.3) is 0 Å². The standard InChI is InChI=1S/C2H5O.Mo.H3O4P.2O/c1-2-3;;1-5(2,3)4;;/h2H2,1H3;;(H3,1,2,3,4);;/q-1;+2;;;/p-1. The van der Waals surface area contributed by atoms with Gasteiger partial charge in [-0.2, -0.15) is 0 Å². The van der Waals surface area contributed by atoms with Crippen molar-refractivity contribution in [2.75, 3.05) is 6.61 Å². The van der Waals surface area contributed by atoms with Gasteiger partial charge in [0.2, 0.25) is 0 Å². The molecule has 0 heterocycles.